The summed E-state index contributed by atoms with van der Waals surface area (Å²) in [7, 11) is 0. The number of hydrogen-bond donors (Lipinski definition) is 1. The number of pyridine rings is 1. The van der Waals surface area contributed by atoms with Gasteiger partial charge >= 0.3 is 0 Å². The van der Waals surface area contributed by atoms with E-state index < -0.39 is 22.0 Å². The first-order valence-corrected chi connectivity index (χ1v) is 7.68. The number of aromatic nitrogens is 3. The molecule has 0 atom stereocenters. The number of carbonyl (C=O) groups excluding carboxylic acids is 1. The normalized spacial score (nSPS) is 14.8. The molecule has 1 aliphatic carbocycles. The van der Waals surface area contributed by atoms with Crippen molar-refractivity contribution in [1.29, 1.82) is 0 Å². The number of nitro groups is 1. The van der Waals surface area contributed by atoms with Crippen LogP contribution in [-0.2, 0) is 6.54 Å². The molecule has 2 N–H and O–H groups in total. The van der Waals surface area contributed by atoms with Crippen LogP contribution >= 0.6 is 0 Å². The van der Waals surface area contributed by atoms with E-state index in [0.29, 0.717) is 11.7 Å². The summed E-state index contributed by atoms with van der Waals surface area (Å²) >= 11 is 0. The van der Waals surface area contributed by atoms with E-state index in [-0.39, 0.29) is 12.2 Å². The van der Waals surface area contributed by atoms with Crippen molar-refractivity contribution in [3.05, 3.63) is 56.3 Å². The van der Waals surface area contributed by atoms with Gasteiger partial charge in [0.1, 0.15) is 5.56 Å². The number of carbonyl (C=O) groups is 1. The molecule has 2 aromatic heterocycles. The van der Waals surface area contributed by atoms with Crippen LogP contribution in [0.4, 0.5) is 5.69 Å². The third-order valence-corrected chi connectivity index (χ3v) is 4.24. The lowest BCUT2D eigenvalue weighted by Gasteiger charge is -2.09. The summed E-state index contributed by atoms with van der Waals surface area (Å²) in [4.78, 5) is 33.9. The summed E-state index contributed by atoms with van der Waals surface area (Å²) in [5.74, 6) is -0.992. The largest absolute Gasteiger partial charge is 0.365 e. The van der Waals surface area contributed by atoms with Crippen molar-refractivity contribution in [2.75, 3.05) is 0 Å². The minimum atomic E-state index is -0.992. The lowest BCUT2D eigenvalue weighted by atomic mass is 10.2. The van der Waals surface area contributed by atoms with Crippen molar-refractivity contribution < 1.29 is 9.72 Å². The molecule has 126 valence electrons. The molecule has 0 aliphatic heterocycles. The zero-order valence-electron chi connectivity index (χ0n) is 12.9. The molecule has 9 nitrogen and oxygen atoms in total. The second-order valence-corrected chi connectivity index (χ2v) is 5.89. The summed E-state index contributed by atoms with van der Waals surface area (Å²) in [5.41, 5.74) is 4.31. The van der Waals surface area contributed by atoms with E-state index in [1.54, 1.807) is 6.07 Å². The first-order valence-electron chi connectivity index (χ1n) is 7.68. The van der Waals surface area contributed by atoms with E-state index in [4.69, 9.17) is 5.73 Å². The van der Waals surface area contributed by atoms with Crippen molar-refractivity contribution in [2.45, 2.75) is 38.3 Å². The van der Waals surface area contributed by atoms with E-state index in [9.17, 15) is 19.7 Å². The zero-order valence-corrected chi connectivity index (χ0v) is 12.9. The quantitative estimate of drug-likeness (QED) is 0.651. The van der Waals surface area contributed by atoms with Gasteiger partial charge in [0, 0.05) is 12.3 Å². The lowest BCUT2D eigenvalue weighted by Crippen LogP contribution is -2.30. The molecule has 0 bridgehead atoms. The molecule has 0 radical (unpaired) electrons. The average molecular weight is 331 g/mol. The molecule has 0 spiro atoms. The first-order chi connectivity index (χ1) is 11.5. The minimum absolute atomic E-state index is 0.0422. The molecule has 1 aliphatic rings. The fourth-order valence-corrected chi connectivity index (χ4v) is 3.02. The predicted molar refractivity (Wildman–Crippen MR) is 84.7 cm³/mol. The van der Waals surface area contributed by atoms with E-state index in [2.05, 4.69) is 5.10 Å². The Morgan fingerprint density at radius 2 is 2.12 bits per heavy atom. The number of primary amides is 1. The molecule has 0 unspecified atom stereocenters. The molecule has 1 saturated carbocycles. The van der Waals surface area contributed by atoms with E-state index in [1.165, 1.54) is 12.8 Å². The Kier molecular flexibility index (Phi) is 4.15. The van der Waals surface area contributed by atoms with Gasteiger partial charge < -0.3 is 10.3 Å². The van der Waals surface area contributed by atoms with Gasteiger partial charge in [-0.1, -0.05) is 12.8 Å². The van der Waals surface area contributed by atoms with Crippen molar-refractivity contribution in [3.63, 3.8) is 0 Å². The highest BCUT2D eigenvalue weighted by Crippen LogP contribution is 2.28. The van der Waals surface area contributed by atoms with Crippen LogP contribution in [-0.4, -0.2) is 25.2 Å². The summed E-state index contributed by atoms with van der Waals surface area (Å²) in [5, 5.41) is 15.4. The maximum atomic E-state index is 12.3. The summed E-state index contributed by atoms with van der Waals surface area (Å²) < 4.78 is 2.97. The number of rotatable bonds is 5. The number of nitrogens with two attached hydrogens (primary N) is 1. The smallest absolute Gasteiger partial charge is 0.286 e. The van der Waals surface area contributed by atoms with Gasteiger partial charge in [0.15, 0.2) is 0 Å². The maximum Gasteiger partial charge on any atom is 0.286 e. The Morgan fingerprint density at radius 3 is 2.75 bits per heavy atom. The minimum Gasteiger partial charge on any atom is -0.365 e. The Morgan fingerprint density at radius 1 is 1.42 bits per heavy atom. The Bertz CT molecular complexity index is 848. The van der Waals surface area contributed by atoms with Crippen LogP contribution in [0.25, 0.3) is 0 Å². The zero-order chi connectivity index (χ0) is 17.3. The molecule has 1 fully saturated rings. The molecule has 1 amide bonds. The van der Waals surface area contributed by atoms with Gasteiger partial charge in [-0.3, -0.25) is 24.4 Å². The molecule has 3 rings (SSSR count). The summed E-state index contributed by atoms with van der Waals surface area (Å²) in [6.07, 6.45) is 7.44. The van der Waals surface area contributed by atoms with Crippen LogP contribution in [0.15, 0.2) is 29.3 Å². The van der Waals surface area contributed by atoms with Crippen molar-refractivity contribution >= 4 is 11.6 Å². The van der Waals surface area contributed by atoms with Crippen molar-refractivity contribution in [2.24, 2.45) is 5.73 Å². The van der Waals surface area contributed by atoms with Crippen molar-refractivity contribution in [3.8, 4) is 0 Å². The Balaban J connectivity index is 1.93. The highest BCUT2D eigenvalue weighted by molar-refractivity contribution is 5.92. The topological polar surface area (TPSA) is 126 Å². The van der Waals surface area contributed by atoms with Crippen LogP contribution in [0, 0.1) is 10.1 Å². The highest BCUT2D eigenvalue weighted by Gasteiger charge is 2.20. The molecule has 0 saturated heterocycles. The van der Waals surface area contributed by atoms with Crippen LogP contribution in [0.1, 0.15) is 47.8 Å². The SMILES string of the molecule is NC(=O)c1cc([N+](=O)[O-])cn(Cc2ccn(C3CCCC3)n2)c1=O. The molecular weight excluding hydrogens is 314 g/mol. The number of nitrogens with zero attached hydrogens (tertiary/aromatic N) is 4. The number of amides is 1. The van der Waals surface area contributed by atoms with Crippen molar-refractivity contribution in [1.82, 2.24) is 14.3 Å². The third-order valence-electron chi connectivity index (χ3n) is 4.24. The van der Waals surface area contributed by atoms with Crippen LogP contribution < -0.4 is 11.3 Å². The predicted octanol–water partition coefficient (Wildman–Crippen LogP) is 1.22. The summed E-state index contributed by atoms with van der Waals surface area (Å²) in [6, 6.07) is 3.04. The molecule has 24 heavy (non-hydrogen) atoms. The van der Waals surface area contributed by atoms with E-state index in [1.807, 2.05) is 10.9 Å². The Hall–Kier alpha value is -2.97. The van der Waals surface area contributed by atoms with Gasteiger partial charge in [-0.25, -0.2) is 0 Å². The monoisotopic (exact) mass is 331 g/mol. The van der Waals surface area contributed by atoms with Gasteiger partial charge in [-0.05, 0) is 18.9 Å². The average Bonchev–Trinajstić information content (AvgIpc) is 3.19. The van der Waals surface area contributed by atoms with Crippen LogP contribution in [0.5, 0.6) is 0 Å². The van der Waals surface area contributed by atoms with Crippen LogP contribution in [0.2, 0.25) is 0 Å². The molecular formula is C15H17N5O4. The standard InChI is InChI=1S/C15H17N5O4/c16-14(21)13-7-12(20(23)24)9-18(15(13)22)8-10-5-6-19(17-10)11-3-1-2-4-11/h5-7,9,11H,1-4,8H2,(H2,16,21). The van der Waals surface area contributed by atoms with Gasteiger partial charge in [0.2, 0.25) is 0 Å². The highest BCUT2D eigenvalue weighted by atomic mass is 16.6. The number of hydrogen-bond acceptors (Lipinski definition) is 5. The fraction of sp³-hybridized carbons (Fsp3) is 0.400. The van der Waals surface area contributed by atoms with Gasteiger partial charge in [-0.2, -0.15) is 5.10 Å². The van der Waals surface area contributed by atoms with E-state index >= 15 is 0 Å². The molecule has 2 heterocycles. The van der Waals surface area contributed by atoms with Gasteiger partial charge in [-0.15, -0.1) is 0 Å². The second kappa shape index (κ2) is 6.26. The molecule has 0 aromatic carbocycles. The second-order valence-electron chi connectivity index (χ2n) is 5.89. The van der Waals surface area contributed by atoms with E-state index in [0.717, 1.165) is 29.7 Å². The van der Waals surface area contributed by atoms with Gasteiger partial charge in [0.25, 0.3) is 17.2 Å². The fourth-order valence-electron chi connectivity index (χ4n) is 3.02. The third kappa shape index (κ3) is 3.05. The summed E-state index contributed by atoms with van der Waals surface area (Å²) in [6.45, 7) is 0.0422. The first kappa shape index (κ1) is 15.9. The van der Waals surface area contributed by atoms with Crippen LogP contribution in [0.3, 0.4) is 0 Å². The molecule has 2 aromatic rings. The maximum absolute atomic E-state index is 12.3. The molecule has 9 heteroatoms. The lowest BCUT2D eigenvalue weighted by molar-refractivity contribution is -0.385. The Labute approximate surface area is 136 Å². The van der Waals surface area contributed by atoms with Gasteiger partial charge in [0.05, 0.1) is 29.4 Å².